The Kier molecular flexibility index (Phi) is 5.96. The minimum atomic E-state index is 0.447. The second-order valence-corrected chi connectivity index (χ2v) is 5.45. The normalized spacial score (nSPS) is 11.2. The lowest BCUT2D eigenvalue weighted by Gasteiger charge is -2.16. The Hall–Kier alpha value is -1.42. The second kappa shape index (κ2) is 7.24. The molecule has 0 atom stereocenters. The van der Waals surface area contributed by atoms with Gasteiger partial charge in [0.15, 0.2) is 0 Å². The van der Waals surface area contributed by atoms with Crippen molar-refractivity contribution in [3.05, 3.63) is 23.9 Å². The molecule has 4 heteroatoms. The highest BCUT2D eigenvalue weighted by Gasteiger charge is 2.14. The molecule has 0 unspecified atom stereocenters. The van der Waals surface area contributed by atoms with E-state index in [1.165, 1.54) is 0 Å². The van der Waals surface area contributed by atoms with Gasteiger partial charge in [0.2, 0.25) is 0 Å². The summed E-state index contributed by atoms with van der Waals surface area (Å²) in [7, 11) is 0. The zero-order valence-electron chi connectivity index (χ0n) is 12.3. The molecule has 19 heavy (non-hydrogen) atoms. The van der Waals surface area contributed by atoms with E-state index in [0.29, 0.717) is 6.04 Å². The van der Waals surface area contributed by atoms with Crippen LogP contribution in [0.3, 0.4) is 0 Å². The van der Waals surface area contributed by atoms with E-state index < -0.39 is 0 Å². The second-order valence-electron chi connectivity index (χ2n) is 4.48. The molecule has 0 saturated carbocycles. The van der Waals surface area contributed by atoms with Crippen LogP contribution in [0.5, 0.6) is 0 Å². The summed E-state index contributed by atoms with van der Waals surface area (Å²) in [4.78, 5) is 8.94. The number of aromatic nitrogens is 1. The number of nitrogens with zero attached hydrogens (tertiary/aromatic N) is 2. The van der Waals surface area contributed by atoms with Crippen LogP contribution in [0.4, 0.5) is 5.00 Å². The van der Waals surface area contributed by atoms with E-state index in [0.717, 1.165) is 39.8 Å². The maximum Gasteiger partial charge on any atom is 0.143 e. The molecule has 0 aliphatic rings. The first kappa shape index (κ1) is 15.6. The van der Waals surface area contributed by atoms with Gasteiger partial charge in [0.05, 0.1) is 5.70 Å². The fourth-order valence-corrected chi connectivity index (χ4v) is 2.70. The molecule has 0 fully saturated rings. The molecule has 1 aromatic heterocycles. The van der Waals surface area contributed by atoms with E-state index in [2.05, 4.69) is 42.3 Å². The Morgan fingerprint density at radius 1 is 1.42 bits per heavy atom. The molecule has 0 amide bonds. The van der Waals surface area contributed by atoms with Crippen molar-refractivity contribution in [3.63, 3.8) is 0 Å². The van der Waals surface area contributed by atoms with Gasteiger partial charge in [-0.3, -0.25) is 0 Å². The Morgan fingerprint density at radius 3 is 2.53 bits per heavy atom. The first-order chi connectivity index (χ1) is 9.03. The maximum absolute atomic E-state index is 4.59. The van der Waals surface area contributed by atoms with Gasteiger partial charge in [-0.05, 0) is 32.3 Å². The monoisotopic (exact) mass is 277 g/mol. The first-order valence-electron chi connectivity index (χ1n) is 6.64. The highest BCUT2D eigenvalue weighted by atomic mass is 32.1. The molecular weight excluding hydrogens is 254 g/mol. The number of rotatable bonds is 7. The molecule has 104 valence electrons. The summed E-state index contributed by atoms with van der Waals surface area (Å²) < 4.78 is 0. The van der Waals surface area contributed by atoms with Crippen LogP contribution in [0.2, 0.25) is 0 Å². The maximum atomic E-state index is 4.59. The minimum Gasteiger partial charge on any atom is -0.380 e. The van der Waals surface area contributed by atoms with Crippen LogP contribution >= 0.6 is 11.3 Å². The van der Waals surface area contributed by atoms with Gasteiger partial charge in [-0.15, -0.1) is 0 Å². The molecule has 0 aliphatic heterocycles. The summed E-state index contributed by atoms with van der Waals surface area (Å²) in [6.07, 6.45) is 3.93. The quantitative estimate of drug-likeness (QED) is 0.737. The molecule has 1 aromatic rings. The van der Waals surface area contributed by atoms with Crippen LogP contribution < -0.4 is 5.32 Å². The Morgan fingerprint density at radius 2 is 2.05 bits per heavy atom. The lowest BCUT2D eigenvalue weighted by molar-refractivity contribution is 0.561. The molecular formula is C15H23N3S. The van der Waals surface area contributed by atoms with Crippen molar-refractivity contribution in [2.45, 2.75) is 46.6 Å². The Balaban J connectivity index is 2.98. The van der Waals surface area contributed by atoms with Crippen LogP contribution in [0.1, 0.15) is 51.2 Å². The predicted molar refractivity (Wildman–Crippen MR) is 87.2 cm³/mol. The summed E-state index contributed by atoms with van der Waals surface area (Å²) >= 11 is 1.55. The molecule has 0 radical (unpaired) electrons. The van der Waals surface area contributed by atoms with Crippen LogP contribution in [0, 0.1) is 0 Å². The highest BCUT2D eigenvalue weighted by molar-refractivity contribution is 7.16. The largest absolute Gasteiger partial charge is 0.380 e. The number of aliphatic imine (C=N–C) groups is 1. The van der Waals surface area contributed by atoms with Crippen LogP contribution in [0.25, 0.3) is 11.3 Å². The SMILES string of the molecule is C=C(NC(CC)CC)c1nc(C(=C)C)c(/N=C\C)s1. The van der Waals surface area contributed by atoms with Crippen LogP contribution in [0.15, 0.2) is 18.2 Å². The smallest absolute Gasteiger partial charge is 0.143 e. The van der Waals surface area contributed by atoms with Crippen LogP contribution in [-0.2, 0) is 0 Å². The summed E-state index contributed by atoms with van der Waals surface area (Å²) in [6, 6.07) is 0.447. The average Bonchev–Trinajstić information content (AvgIpc) is 2.80. The van der Waals surface area contributed by atoms with Crippen molar-refractivity contribution in [2.75, 3.05) is 0 Å². The van der Waals surface area contributed by atoms with Crippen LogP contribution in [-0.4, -0.2) is 17.2 Å². The number of hydrogen-bond donors (Lipinski definition) is 1. The summed E-state index contributed by atoms with van der Waals surface area (Å²) in [6.45, 7) is 16.2. The van der Waals surface area contributed by atoms with Gasteiger partial charge in [-0.1, -0.05) is 38.3 Å². The van der Waals surface area contributed by atoms with E-state index in [9.17, 15) is 0 Å². The van der Waals surface area contributed by atoms with Gasteiger partial charge in [-0.25, -0.2) is 9.98 Å². The lowest BCUT2D eigenvalue weighted by Crippen LogP contribution is -2.25. The van der Waals surface area contributed by atoms with Crippen molar-refractivity contribution in [3.8, 4) is 0 Å². The Labute approximate surface area is 120 Å². The summed E-state index contributed by atoms with van der Waals surface area (Å²) in [5, 5.41) is 5.22. The third-order valence-corrected chi connectivity index (χ3v) is 3.91. The topological polar surface area (TPSA) is 37.3 Å². The highest BCUT2D eigenvalue weighted by Crippen LogP contribution is 2.34. The summed E-state index contributed by atoms with van der Waals surface area (Å²) in [5.74, 6) is 0. The molecule has 0 bridgehead atoms. The van der Waals surface area contributed by atoms with E-state index >= 15 is 0 Å². The van der Waals surface area contributed by atoms with Crippen molar-refractivity contribution >= 4 is 33.8 Å². The number of allylic oxidation sites excluding steroid dienone is 1. The van der Waals surface area contributed by atoms with Gasteiger partial charge in [0, 0.05) is 12.3 Å². The zero-order valence-corrected chi connectivity index (χ0v) is 13.1. The third kappa shape index (κ3) is 4.03. The van der Waals surface area contributed by atoms with Gasteiger partial charge in [0.1, 0.15) is 15.7 Å². The summed E-state index contributed by atoms with van der Waals surface area (Å²) in [5.41, 5.74) is 2.67. The van der Waals surface area contributed by atoms with Gasteiger partial charge in [-0.2, -0.15) is 0 Å². The third-order valence-electron chi connectivity index (χ3n) is 2.88. The first-order valence-corrected chi connectivity index (χ1v) is 7.46. The molecule has 1 rings (SSSR count). The molecule has 1 N–H and O–H groups in total. The standard InChI is InChI=1S/C15H23N3S/c1-7-12(8-2)17-11(6)14-18-13(10(4)5)15(19-14)16-9-3/h9,12,17H,4,6-8H2,1-3,5H3/b16-9-. The fourth-order valence-electron chi connectivity index (χ4n) is 1.72. The van der Waals surface area contributed by atoms with Gasteiger partial charge >= 0.3 is 0 Å². The van der Waals surface area contributed by atoms with Gasteiger partial charge < -0.3 is 5.32 Å². The van der Waals surface area contributed by atoms with Crippen molar-refractivity contribution in [2.24, 2.45) is 4.99 Å². The number of nitrogens with one attached hydrogen (secondary N) is 1. The van der Waals surface area contributed by atoms with E-state index in [1.54, 1.807) is 17.6 Å². The minimum absolute atomic E-state index is 0.447. The average molecular weight is 277 g/mol. The molecule has 3 nitrogen and oxygen atoms in total. The van der Waals surface area contributed by atoms with Gasteiger partial charge in [0.25, 0.3) is 0 Å². The van der Waals surface area contributed by atoms with E-state index in [1.807, 2.05) is 13.8 Å². The van der Waals surface area contributed by atoms with Crippen molar-refractivity contribution in [1.29, 1.82) is 0 Å². The molecule has 0 saturated heterocycles. The molecule has 1 heterocycles. The predicted octanol–water partition coefficient (Wildman–Crippen LogP) is 4.65. The van der Waals surface area contributed by atoms with E-state index in [-0.39, 0.29) is 0 Å². The fraction of sp³-hybridized carbons (Fsp3) is 0.467. The van der Waals surface area contributed by atoms with Crippen molar-refractivity contribution in [1.82, 2.24) is 10.3 Å². The molecule has 0 aliphatic carbocycles. The number of hydrogen-bond acceptors (Lipinski definition) is 4. The number of thiazole rings is 1. The van der Waals surface area contributed by atoms with E-state index in [4.69, 9.17) is 0 Å². The van der Waals surface area contributed by atoms with Crippen molar-refractivity contribution < 1.29 is 0 Å². The zero-order chi connectivity index (χ0) is 14.4. The lowest BCUT2D eigenvalue weighted by atomic mass is 10.1. The Bertz CT molecular complexity index is 482. The molecule has 0 aromatic carbocycles. The molecule has 0 spiro atoms.